The molecule has 0 radical (unpaired) electrons. The fourth-order valence-corrected chi connectivity index (χ4v) is 4.98. The van der Waals surface area contributed by atoms with E-state index in [1.807, 2.05) is 13.1 Å². The van der Waals surface area contributed by atoms with E-state index in [-0.39, 0.29) is 11.6 Å². The van der Waals surface area contributed by atoms with Crippen molar-refractivity contribution in [1.29, 1.82) is 0 Å². The number of ether oxygens (including phenoxy) is 1. The van der Waals surface area contributed by atoms with E-state index in [0.29, 0.717) is 12.1 Å². The predicted molar refractivity (Wildman–Crippen MR) is 140 cm³/mol. The average molecular weight is 491 g/mol. The van der Waals surface area contributed by atoms with Crippen LogP contribution < -0.4 is 4.90 Å². The van der Waals surface area contributed by atoms with Gasteiger partial charge in [0.05, 0.1) is 18.2 Å². The van der Waals surface area contributed by atoms with Crippen molar-refractivity contribution in [2.75, 3.05) is 50.8 Å². The van der Waals surface area contributed by atoms with Gasteiger partial charge in [-0.2, -0.15) is 0 Å². The van der Waals surface area contributed by atoms with Crippen LogP contribution in [0.1, 0.15) is 36.9 Å². The normalized spacial score (nSPS) is 18.5. The van der Waals surface area contributed by atoms with Gasteiger partial charge >= 0.3 is 0 Å². The molecule has 1 fully saturated rings. The standard InChI is InChI=1S/C29H32F2N4O/c1-2-36-19-18-34-14-16-35(17-15-34)28-13-10-23(20-32-28)21-6-8-22(9-7-21)26-11-12-27(33-26)29-24(30)4-3-5-25(29)31/h3-10,13,20,26H,2,11-12,14-19H2,1H3. The van der Waals surface area contributed by atoms with Gasteiger partial charge in [-0.1, -0.05) is 30.3 Å². The summed E-state index contributed by atoms with van der Waals surface area (Å²) < 4.78 is 33.8. The molecular formula is C29H32F2N4O. The third-order valence-electron chi connectivity index (χ3n) is 7.05. The predicted octanol–water partition coefficient (Wildman–Crippen LogP) is 5.51. The Bertz CT molecular complexity index is 1170. The molecule has 1 saturated heterocycles. The summed E-state index contributed by atoms with van der Waals surface area (Å²) in [4.78, 5) is 14.1. The molecule has 0 bridgehead atoms. The van der Waals surface area contributed by atoms with Gasteiger partial charge in [-0.3, -0.25) is 9.89 Å². The van der Waals surface area contributed by atoms with Gasteiger partial charge in [-0.05, 0) is 55.2 Å². The smallest absolute Gasteiger partial charge is 0.135 e. The number of nitrogens with zero attached hydrogens (tertiary/aromatic N) is 4. The molecule has 1 aromatic heterocycles. The molecule has 0 aliphatic carbocycles. The molecule has 5 nitrogen and oxygen atoms in total. The number of rotatable bonds is 8. The second-order valence-corrected chi connectivity index (χ2v) is 9.28. The number of aliphatic imine (C=N–C) groups is 1. The van der Waals surface area contributed by atoms with E-state index < -0.39 is 11.6 Å². The molecule has 3 aromatic rings. The summed E-state index contributed by atoms with van der Waals surface area (Å²) in [6.07, 6.45) is 3.24. The third kappa shape index (κ3) is 5.47. The Balaban J connectivity index is 1.21. The number of benzene rings is 2. The first-order chi connectivity index (χ1) is 17.6. The first-order valence-electron chi connectivity index (χ1n) is 12.7. The number of pyridine rings is 1. The highest BCUT2D eigenvalue weighted by Crippen LogP contribution is 2.33. The van der Waals surface area contributed by atoms with E-state index in [4.69, 9.17) is 9.72 Å². The Morgan fingerprint density at radius 1 is 0.917 bits per heavy atom. The van der Waals surface area contributed by atoms with Crippen LogP contribution in [0.25, 0.3) is 11.1 Å². The molecule has 7 heteroatoms. The largest absolute Gasteiger partial charge is 0.380 e. The summed E-state index contributed by atoms with van der Waals surface area (Å²) in [5.74, 6) is -0.0960. The second-order valence-electron chi connectivity index (χ2n) is 9.28. The minimum Gasteiger partial charge on any atom is -0.380 e. The summed E-state index contributed by atoms with van der Waals surface area (Å²) in [5, 5.41) is 0. The van der Waals surface area contributed by atoms with Gasteiger partial charge in [0.1, 0.15) is 17.5 Å². The number of aromatic nitrogens is 1. The number of anilines is 1. The number of halogens is 2. The van der Waals surface area contributed by atoms with Crippen LogP contribution in [0.5, 0.6) is 0 Å². The molecule has 188 valence electrons. The van der Waals surface area contributed by atoms with Gasteiger partial charge in [-0.15, -0.1) is 0 Å². The Kier molecular flexibility index (Phi) is 7.68. The van der Waals surface area contributed by atoms with Crippen LogP contribution >= 0.6 is 0 Å². The number of hydrogen-bond acceptors (Lipinski definition) is 5. The monoisotopic (exact) mass is 490 g/mol. The van der Waals surface area contributed by atoms with Crippen LogP contribution in [-0.4, -0.2) is 61.5 Å². The minimum atomic E-state index is -0.552. The van der Waals surface area contributed by atoms with Crippen molar-refractivity contribution in [1.82, 2.24) is 9.88 Å². The first-order valence-corrected chi connectivity index (χ1v) is 12.7. The number of hydrogen-bond donors (Lipinski definition) is 0. The van der Waals surface area contributed by atoms with Gasteiger partial charge in [-0.25, -0.2) is 13.8 Å². The van der Waals surface area contributed by atoms with E-state index >= 15 is 0 Å². The van der Waals surface area contributed by atoms with E-state index in [1.54, 1.807) is 0 Å². The quantitative estimate of drug-likeness (QED) is 0.391. The maximum absolute atomic E-state index is 14.2. The van der Waals surface area contributed by atoms with E-state index in [0.717, 1.165) is 74.9 Å². The van der Waals surface area contributed by atoms with Gasteiger partial charge in [0.15, 0.2) is 0 Å². The average Bonchev–Trinajstić information content (AvgIpc) is 3.39. The highest BCUT2D eigenvalue weighted by Gasteiger charge is 2.24. The van der Waals surface area contributed by atoms with Gasteiger partial charge < -0.3 is 9.64 Å². The molecular weight excluding hydrogens is 458 g/mol. The van der Waals surface area contributed by atoms with Crippen LogP contribution in [0.2, 0.25) is 0 Å². The molecule has 0 amide bonds. The van der Waals surface area contributed by atoms with E-state index in [2.05, 4.69) is 51.2 Å². The highest BCUT2D eigenvalue weighted by molar-refractivity contribution is 6.02. The number of piperazine rings is 1. The fraction of sp³-hybridized carbons (Fsp3) is 0.379. The summed E-state index contributed by atoms with van der Waals surface area (Å²) in [6, 6.07) is 16.3. The lowest BCUT2D eigenvalue weighted by Crippen LogP contribution is -2.47. The fourth-order valence-electron chi connectivity index (χ4n) is 4.98. The zero-order valence-corrected chi connectivity index (χ0v) is 20.7. The van der Waals surface area contributed by atoms with Crippen LogP contribution in [0.3, 0.4) is 0 Å². The van der Waals surface area contributed by atoms with Crippen LogP contribution in [0.15, 0.2) is 65.8 Å². The van der Waals surface area contributed by atoms with Crippen molar-refractivity contribution in [3.05, 3.63) is 83.6 Å². The van der Waals surface area contributed by atoms with Crippen molar-refractivity contribution in [3.63, 3.8) is 0 Å². The van der Waals surface area contributed by atoms with Gasteiger partial charge in [0, 0.05) is 56.8 Å². The van der Waals surface area contributed by atoms with Crippen LogP contribution in [-0.2, 0) is 4.74 Å². The Labute approximate surface area is 211 Å². The molecule has 2 aliphatic rings. The van der Waals surface area contributed by atoms with Gasteiger partial charge in [0.2, 0.25) is 0 Å². The summed E-state index contributed by atoms with van der Waals surface area (Å²) >= 11 is 0. The van der Waals surface area contributed by atoms with Crippen LogP contribution in [0.4, 0.5) is 14.6 Å². The lowest BCUT2D eigenvalue weighted by Gasteiger charge is -2.35. The molecule has 0 saturated carbocycles. The molecule has 3 heterocycles. The molecule has 0 N–H and O–H groups in total. The van der Waals surface area contributed by atoms with Crippen molar-refractivity contribution in [2.45, 2.75) is 25.8 Å². The molecule has 0 spiro atoms. The summed E-state index contributed by atoms with van der Waals surface area (Å²) in [5.41, 5.74) is 3.71. The van der Waals surface area contributed by atoms with Crippen molar-refractivity contribution in [2.24, 2.45) is 4.99 Å². The molecule has 36 heavy (non-hydrogen) atoms. The highest BCUT2D eigenvalue weighted by atomic mass is 19.1. The molecule has 1 atom stereocenters. The van der Waals surface area contributed by atoms with Crippen LogP contribution in [0, 0.1) is 11.6 Å². The SMILES string of the molecule is CCOCCN1CCN(c2ccc(-c3ccc(C4CCC(c5c(F)cccc5F)=N4)cc3)cn2)CC1. The van der Waals surface area contributed by atoms with Crippen molar-refractivity contribution < 1.29 is 13.5 Å². The Morgan fingerprint density at radius 2 is 1.64 bits per heavy atom. The Morgan fingerprint density at radius 3 is 2.31 bits per heavy atom. The zero-order chi connectivity index (χ0) is 24.9. The summed E-state index contributed by atoms with van der Waals surface area (Å²) in [7, 11) is 0. The maximum atomic E-state index is 14.2. The molecule has 5 rings (SSSR count). The van der Waals surface area contributed by atoms with E-state index in [1.165, 1.54) is 18.2 Å². The molecule has 1 unspecified atom stereocenters. The Hall–Kier alpha value is -3.16. The second kappa shape index (κ2) is 11.3. The lowest BCUT2D eigenvalue weighted by atomic mass is 10.00. The van der Waals surface area contributed by atoms with E-state index in [9.17, 15) is 8.78 Å². The molecule has 2 aliphatic heterocycles. The maximum Gasteiger partial charge on any atom is 0.135 e. The minimum absolute atomic E-state index is 0.00899. The van der Waals surface area contributed by atoms with Gasteiger partial charge in [0.25, 0.3) is 0 Å². The zero-order valence-electron chi connectivity index (χ0n) is 20.7. The van der Waals surface area contributed by atoms with Crippen molar-refractivity contribution in [3.8, 4) is 11.1 Å². The summed E-state index contributed by atoms with van der Waals surface area (Å²) in [6.45, 7) is 8.55. The first kappa shape index (κ1) is 24.5. The third-order valence-corrected chi connectivity index (χ3v) is 7.05. The topological polar surface area (TPSA) is 41.0 Å². The molecule has 2 aromatic carbocycles. The van der Waals surface area contributed by atoms with Crippen molar-refractivity contribution >= 4 is 11.5 Å². The lowest BCUT2D eigenvalue weighted by molar-refractivity contribution is 0.111.